The molecular weight excluding hydrogens is 482 g/mol. The SMILES string of the molecule is CN(C)CC(=O)NC(COCc1ccccc1)C(=O)NCc1ccc(-c2ccccc2-c2nnn[nH]2)cc1. The molecule has 0 saturated carbocycles. The van der Waals surface area contributed by atoms with E-state index < -0.39 is 6.04 Å². The number of likely N-dealkylation sites (N-methyl/N-ethyl adjacent to an activating group) is 1. The molecule has 0 aliphatic carbocycles. The molecule has 2 amide bonds. The molecule has 10 heteroatoms. The summed E-state index contributed by atoms with van der Waals surface area (Å²) in [5, 5.41) is 19.9. The van der Waals surface area contributed by atoms with Crippen LogP contribution in [0.5, 0.6) is 0 Å². The molecule has 1 atom stereocenters. The van der Waals surface area contributed by atoms with Crippen LogP contribution in [0.4, 0.5) is 0 Å². The summed E-state index contributed by atoms with van der Waals surface area (Å²) in [7, 11) is 3.59. The number of nitrogens with zero attached hydrogens (tertiary/aromatic N) is 4. The number of tetrazole rings is 1. The Hall–Kier alpha value is -4.41. The Labute approximate surface area is 221 Å². The highest BCUT2D eigenvalue weighted by molar-refractivity contribution is 5.88. The fraction of sp³-hybridized carbons (Fsp3) is 0.250. The van der Waals surface area contributed by atoms with Gasteiger partial charge in [-0.2, -0.15) is 0 Å². The highest BCUT2D eigenvalue weighted by atomic mass is 16.5. The number of H-pyrrole nitrogens is 1. The molecule has 4 aromatic rings. The largest absolute Gasteiger partial charge is 0.374 e. The molecule has 0 spiro atoms. The molecule has 38 heavy (non-hydrogen) atoms. The third-order valence-corrected chi connectivity index (χ3v) is 5.77. The summed E-state index contributed by atoms with van der Waals surface area (Å²) in [6.45, 7) is 0.897. The summed E-state index contributed by atoms with van der Waals surface area (Å²) < 4.78 is 5.76. The maximum absolute atomic E-state index is 13.0. The summed E-state index contributed by atoms with van der Waals surface area (Å²) in [5.41, 5.74) is 4.79. The van der Waals surface area contributed by atoms with Gasteiger partial charge in [0.2, 0.25) is 11.8 Å². The summed E-state index contributed by atoms with van der Waals surface area (Å²) in [6, 6.07) is 24.6. The van der Waals surface area contributed by atoms with Crippen LogP contribution < -0.4 is 10.6 Å². The van der Waals surface area contributed by atoms with Crippen LogP contribution in [0.25, 0.3) is 22.5 Å². The van der Waals surface area contributed by atoms with Crippen LogP contribution in [0.3, 0.4) is 0 Å². The monoisotopic (exact) mass is 513 g/mol. The number of aromatic nitrogens is 4. The van der Waals surface area contributed by atoms with E-state index in [0.29, 0.717) is 19.0 Å². The molecular formula is C28H31N7O3. The first-order valence-corrected chi connectivity index (χ1v) is 12.3. The normalized spacial score (nSPS) is 11.8. The number of rotatable bonds is 12. The summed E-state index contributed by atoms with van der Waals surface area (Å²) in [5.74, 6) is 0.0367. The summed E-state index contributed by atoms with van der Waals surface area (Å²) >= 11 is 0. The summed E-state index contributed by atoms with van der Waals surface area (Å²) in [4.78, 5) is 27.1. The Morgan fingerprint density at radius 1 is 0.921 bits per heavy atom. The molecule has 1 aromatic heterocycles. The highest BCUT2D eigenvalue weighted by Gasteiger charge is 2.21. The van der Waals surface area contributed by atoms with Gasteiger partial charge in [-0.15, -0.1) is 5.10 Å². The van der Waals surface area contributed by atoms with Gasteiger partial charge in [0.05, 0.1) is 19.8 Å². The van der Waals surface area contributed by atoms with Crippen molar-refractivity contribution in [3.8, 4) is 22.5 Å². The Kier molecular flexibility index (Phi) is 9.27. The second-order valence-electron chi connectivity index (χ2n) is 9.07. The molecule has 3 aromatic carbocycles. The number of aromatic amines is 1. The Balaban J connectivity index is 1.37. The van der Waals surface area contributed by atoms with Gasteiger partial charge in [-0.1, -0.05) is 78.9 Å². The number of carbonyl (C=O) groups excluding carboxylic acids is 2. The van der Waals surface area contributed by atoms with Crippen LogP contribution in [-0.2, 0) is 27.5 Å². The van der Waals surface area contributed by atoms with E-state index in [4.69, 9.17) is 4.74 Å². The number of hydrogen-bond acceptors (Lipinski definition) is 7. The zero-order valence-electron chi connectivity index (χ0n) is 21.4. The number of nitrogens with one attached hydrogen (secondary N) is 3. The first kappa shape index (κ1) is 26.6. The molecule has 0 aliphatic heterocycles. The Morgan fingerprint density at radius 2 is 1.63 bits per heavy atom. The van der Waals surface area contributed by atoms with Gasteiger partial charge < -0.3 is 20.3 Å². The molecule has 0 aliphatic rings. The quantitative estimate of drug-likeness (QED) is 0.266. The lowest BCUT2D eigenvalue weighted by molar-refractivity contribution is -0.131. The second-order valence-corrected chi connectivity index (χ2v) is 9.07. The number of ether oxygens (including phenoxy) is 1. The van der Waals surface area contributed by atoms with Crippen LogP contribution in [0.15, 0.2) is 78.9 Å². The zero-order valence-corrected chi connectivity index (χ0v) is 21.4. The fourth-order valence-corrected chi connectivity index (χ4v) is 3.91. The Morgan fingerprint density at radius 3 is 2.32 bits per heavy atom. The number of benzene rings is 3. The zero-order chi connectivity index (χ0) is 26.7. The van der Waals surface area contributed by atoms with Crippen LogP contribution in [0, 0.1) is 0 Å². The topological polar surface area (TPSA) is 125 Å². The van der Waals surface area contributed by atoms with Crippen molar-refractivity contribution >= 4 is 11.8 Å². The molecule has 0 fully saturated rings. The molecule has 196 valence electrons. The minimum absolute atomic E-state index is 0.0616. The fourth-order valence-electron chi connectivity index (χ4n) is 3.91. The lowest BCUT2D eigenvalue weighted by Gasteiger charge is -2.20. The predicted molar refractivity (Wildman–Crippen MR) is 143 cm³/mol. The van der Waals surface area contributed by atoms with Crippen LogP contribution >= 0.6 is 0 Å². The van der Waals surface area contributed by atoms with Crippen molar-refractivity contribution < 1.29 is 14.3 Å². The lowest BCUT2D eigenvalue weighted by atomic mass is 9.98. The average Bonchev–Trinajstić information content (AvgIpc) is 3.47. The van der Waals surface area contributed by atoms with Crippen molar-refractivity contribution in [2.24, 2.45) is 0 Å². The molecule has 0 saturated heterocycles. The molecule has 0 radical (unpaired) electrons. The van der Waals surface area contributed by atoms with E-state index in [2.05, 4.69) is 31.3 Å². The van der Waals surface area contributed by atoms with Crippen molar-refractivity contribution in [1.82, 2.24) is 36.2 Å². The van der Waals surface area contributed by atoms with Crippen molar-refractivity contribution in [3.05, 3.63) is 90.0 Å². The van der Waals surface area contributed by atoms with Crippen molar-refractivity contribution in [2.75, 3.05) is 27.2 Å². The van der Waals surface area contributed by atoms with E-state index in [9.17, 15) is 9.59 Å². The molecule has 1 heterocycles. The maximum atomic E-state index is 13.0. The van der Waals surface area contributed by atoms with E-state index in [1.54, 1.807) is 19.0 Å². The van der Waals surface area contributed by atoms with E-state index in [0.717, 1.165) is 27.8 Å². The van der Waals surface area contributed by atoms with Gasteiger partial charge in [-0.3, -0.25) is 9.59 Å². The predicted octanol–water partition coefficient (Wildman–Crippen LogP) is 2.41. The molecule has 3 N–H and O–H groups in total. The van der Waals surface area contributed by atoms with Crippen LogP contribution in [0.2, 0.25) is 0 Å². The van der Waals surface area contributed by atoms with Gasteiger partial charge in [-0.05, 0) is 46.8 Å². The minimum atomic E-state index is -0.812. The minimum Gasteiger partial charge on any atom is -0.374 e. The third-order valence-electron chi connectivity index (χ3n) is 5.77. The van der Waals surface area contributed by atoms with E-state index in [1.807, 2.05) is 78.9 Å². The number of hydrogen-bond donors (Lipinski definition) is 3. The van der Waals surface area contributed by atoms with Crippen molar-refractivity contribution in [1.29, 1.82) is 0 Å². The Bertz CT molecular complexity index is 1310. The van der Waals surface area contributed by atoms with Gasteiger partial charge in [0.15, 0.2) is 5.82 Å². The first-order valence-electron chi connectivity index (χ1n) is 12.3. The van der Waals surface area contributed by atoms with E-state index in [-0.39, 0.29) is 25.0 Å². The van der Waals surface area contributed by atoms with Gasteiger partial charge in [0, 0.05) is 12.1 Å². The first-order chi connectivity index (χ1) is 18.5. The molecule has 1 unspecified atom stereocenters. The maximum Gasteiger partial charge on any atom is 0.245 e. The number of carbonyl (C=O) groups is 2. The van der Waals surface area contributed by atoms with Gasteiger partial charge in [0.1, 0.15) is 6.04 Å². The second kappa shape index (κ2) is 13.2. The standard InChI is InChI=1S/C28H31N7O3/c1-35(2)17-26(36)30-25(19-38-18-21-8-4-3-5-9-21)28(37)29-16-20-12-14-22(15-13-20)23-10-6-7-11-24(23)27-31-33-34-32-27/h3-15,25H,16-19H2,1-2H3,(H,29,37)(H,30,36)(H,31,32,33,34). The van der Waals surface area contributed by atoms with E-state index in [1.165, 1.54) is 0 Å². The summed E-state index contributed by atoms with van der Waals surface area (Å²) in [6.07, 6.45) is 0. The van der Waals surface area contributed by atoms with Gasteiger partial charge in [0.25, 0.3) is 0 Å². The van der Waals surface area contributed by atoms with Crippen molar-refractivity contribution in [2.45, 2.75) is 19.2 Å². The number of amides is 2. The van der Waals surface area contributed by atoms with Crippen molar-refractivity contribution in [3.63, 3.8) is 0 Å². The third kappa shape index (κ3) is 7.55. The highest BCUT2D eigenvalue weighted by Crippen LogP contribution is 2.29. The van der Waals surface area contributed by atoms with E-state index >= 15 is 0 Å². The molecule has 4 rings (SSSR count). The lowest BCUT2D eigenvalue weighted by Crippen LogP contribution is -2.51. The average molecular weight is 514 g/mol. The molecule has 0 bridgehead atoms. The van der Waals surface area contributed by atoms with Gasteiger partial charge >= 0.3 is 0 Å². The van der Waals surface area contributed by atoms with Crippen LogP contribution in [0.1, 0.15) is 11.1 Å². The molecule has 10 nitrogen and oxygen atoms in total. The van der Waals surface area contributed by atoms with Gasteiger partial charge in [-0.25, -0.2) is 5.10 Å². The van der Waals surface area contributed by atoms with Crippen LogP contribution in [-0.4, -0.2) is 70.6 Å². The smallest absolute Gasteiger partial charge is 0.245 e.